The van der Waals surface area contributed by atoms with E-state index < -0.39 is 5.91 Å². The molecule has 0 saturated heterocycles. The smallest absolute Gasteiger partial charge is 0.262 e. The lowest BCUT2D eigenvalue weighted by Crippen LogP contribution is -2.13. The van der Waals surface area contributed by atoms with Gasteiger partial charge in [0.25, 0.3) is 5.91 Å². The molecule has 0 bridgehead atoms. The van der Waals surface area contributed by atoms with E-state index in [1.807, 2.05) is 6.07 Å². The van der Waals surface area contributed by atoms with Crippen LogP contribution in [0.2, 0.25) is 5.02 Å². The zero-order chi connectivity index (χ0) is 14.8. The molecule has 0 aliphatic rings. The van der Waals surface area contributed by atoms with Crippen molar-refractivity contribution in [3.05, 3.63) is 52.9 Å². The van der Waals surface area contributed by atoms with E-state index in [4.69, 9.17) is 16.1 Å². The first kappa shape index (κ1) is 13.4. The van der Waals surface area contributed by atoms with Gasteiger partial charge in [-0.05, 0) is 13.0 Å². The number of anilines is 1. The number of nitrogens with one attached hydrogen (secondary N) is 1. The summed E-state index contributed by atoms with van der Waals surface area (Å²) in [5.74, 6) is 0.314. The highest BCUT2D eigenvalue weighted by atomic mass is 35.5. The van der Waals surface area contributed by atoms with Gasteiger partial charge in [0.2, 0.25) is 0 Å². The number of carbonyl (C=O) groups excluding carboxylic acids is 1. The Labute approximate surface area is 124 Å². The molecule has 6 nitrogen and oxygen atoms in total. The lowest BCUT2D eigenvalue weighted by atomic mass is 10.1. The van der Waals surface area contributed by atoms with Crippen molar-refractivity contribution in [2.24, 2.45) is 0 Å². The molecule has 2 aromatic heterocycles. The highest BCUT2D eigenvalue weighted by Gasteiger charge is 2.23. The van der Waals surface area contributed by atoms with Crippen molar-refractivity contribution in [1.82, 2.24) is 10.3 Å². The summed E-state index contributed by atoms with van der Waals surface area (Å²) in [4.78, 5) is 12.4. The normalized spacial score (nSPS) is 10.6. The molecule has 0 aliphatic heterocycles. The van der Waals surface area contributed by atoms with Gasteiger partial charge in [0.1, 0.15) is 23.3 Å². The van der Waals surface area contributed by atoms with Crippen LogP contribution in [-0.4, -0.2) is 16.2 Å². The van der Waals surface area contributed by atoms with Crippen molar-refractivity contribution in [2.75, 3.05) is 5.32 Å². The molecule has 0 fully saturated rings. The quantitative estimate of drug-likeness (QED) is 0.800. The Morgan fingerprint density at radius 2 is 2.05 bits per heavy atom. The molecule has 1 N–H and O–H groups in total. The summed E-state index contributed by atoms with van der Waals surface area (Å²) in [7, 11) is 0. The van der Waals surface area contributed by atoms with Crippen LogP contribution in [0.15, 0.2) is 45.6 Å². The molecular weight excluding hydrogens is 294 g/mol. The topological polar surface area (TPSA) is 81.2 Å². The minimum Gasteiger partial charge on any atom is -0.363 e. The van der Waals surface area contributed by atoms with Crippen molar-refractivity contribution < 1.29 is 13.8 Å². The van der Waals surface area contributed by atoms with Gasteiger partial charge in [-0.2, -0.15) is 0 Å². The molecule has 3 aromatic rings. The fraction of sp³-hybridized carbons (Fsp3) is 0.0714. The van der Waals surface area contributed by atoms with E-state index in [-0.39, 0.29) is 0 Å². The fourth-order valence-corrected chi connectivity index (χ4v) is 2.16. The monoisotopic (exact) mass is 303 g/mol. The molecule has 1 aromatic carbocycles. The molecule has 106 valence electrons. The van der Waals surface area contributed by atoms with Gasteiger partial charge in [0.15, 0.2) is 5.82 Å². The molecule has 1 amide bonds. The first-order valence-corrected chi connectivity index (χ1v) is 6.47. The largest absolute Gasteiger partial charge is 0.363 e. The van der Waals surface area contributed by atoms with Crippen LogP contribution in [-0.2, 0) is 0 Å². The number of aryl methyl sites for hydroxylation is 1. The van der Waals surface area contributed by atoms with Gasteiger partial charge in [0, 0.05) is 11.6 Å². The van der Waals surface area contributed by atoms with Gasteiger partial charge in [-0.3, -0.25) is 4.79 Å². The van der Waals surface area contributed by atoms with Gasteiger partial charge < -0.3 is 14.4 Å². The van der Waals surface area contributed by atoms with Crippen molar-refractivity contribution in [1.29, 1.82) is 0 Å². The van der Waals surface area contributed by atoms with E-state index in [0.29, 0.717) is 33.4 Å². The summed E-state index contributed by atoms with van der Waals surface area (Å²) in [5, 5.41) is 10.7. The predicted molar refractivity (Wildman–Crippen MR) is 76.1 cm³/mol. The Balaban J connectivity index is 2.01. The Bertz CT molecular complexity index is 781. The highest BCUT2D eigenvalue weighted by molar-refractivity contribution is 6.33. The lowest BCUT2D eigenvalue weighted by molar-refractivity contribution is 0.102. The molecule has 2 heterocycles. The first-order valence-electron chi connectivity index (χ1n) is 6.09. The SMILES string of the molecule is Cc1onc(-c2ccccc2Cl)c1C(=O)Nc1ccon1. The number of nitrogens with zero attached hydrogens (tertiary/aromatic N) is 2. The average molecular weight is 304 g/mol. The second-order valence-corrected chi connectivity index (χ2v) is 4.69. The van der Waals surface area contributed by atoms with Gasteiger partial charge in [-0.15, -0.1) is 0 Å². The van der Waals surface area contributed by atoms with Crippen molar-refractivity contribution in [3.8, 4) is 11.3 Å². The minimum absolute atomic E-state index is 0.311. The van der Waals surface area contributed by atoms with Crippen molar-refractivity contribution in [3.63, 3.8) is 0 Å². The maximum Gasteiger partial charge on any atom is 0.262 e. The zero-order valence-electron chi connectivity index (χ0n) is 11.0. The third-order valence-electron chi connectivity index (χ3n) is 2.90. The van der Waals surface area contributed by atoms with E-state index in [0.717, 1.165) is 0 Å². The van der Waals surface area contributed by atoms with Crippen molar-refractivity contribution >= 4 is 23.3 Å². The van der Waals surface area contributed by atoms with Crippen LogP contribution in [0.4, 0.5) is 5.82 Å². The second kappa shape index (κ2) is 5.41. The van der Waals surface area contributed by atoms with Crippen LogP contribution >= 0.6 is 11.6 Å². The van der Waals surface area contributed by atoms with Crippen LogP contribution in [0.3, 0.4) is 0 Å². The third-order valence-corrected chi connectivity index (χ3v) is 3.23. The number of hydrogen-bond acceptors (Lipinski definition) is 5. The molecule has 0 saturated carbocycles. The molecule has 0 spiro atoms. The second-order valence-electron chi connectivity index (χ2n) is 4.28. The number of amides is 1. The fourth-order valence-electron chi connectivity index (χ4n) is 1.93. The molecule has 3 rings (SSSR count). The maximum atomic E-state index is 12.4. The van der Waals surface area contributed by atoms with Crippen LogP contribution in [0.5, 0.6) is 0 Å². The predicted octanol–water partition coefficient (Wildman–Crippen LogP) is 3.54. The molecule has 0 atom stereocenters. The average Bonchev–Trinajstić information content (AvgIpc) is 3.09. The van der Waals surface area contributed by atoms with Crippen LogP contribution in [0.25, 0.3) is 11.3 Å². The Morgan fingerprint density at radius 3 is 2.76 bits per heavy atom. The molecule has 0 unspecified atom stereocenters. The van der Waals surface area contributed by atoms with Crippen LogP contribution < -0.4 is 5.32 Å². The first-order chi connectivity index (χ1) is 10.2. The summed E-state index contributed by atoms with van der Waals surface area (Å²) in [5.41, 5.74) is 1.33. The summed E-state index contributed by atoms with van der Waals surface area (Å²) in [6, 6.07) is 8.64. The Hall–Kier alpha value is -2.60. The van der Waals surface area contributed by atoms with Crippen LogP contribution in [0, 0.1) is 6.92 Å². The van der Waals surface area contributed by atoms with Crippen LogP contribution in [0.1, 0.15) is 16.1 Å². The molecular formula is C14H10ClN3O3. The summed E-state index contributed by atoms with van der Waals surface area (Å²) in [6.45, 7) is 1.66. The highest BCUT2D eigenvalue weighted by Crippen LogP contribution is 2.31. The molecule has 0 radical (unpaired) electrons. The van der Waals surface area contributed by atoms with Gasteiger partial charge in [0.05, 0.1) is 5.02 Å². The van der Waals surface area contributed by atoms with E-state index >= 15 is 0 Å². The number of carbonyl (C=O) groups is 1. The van der Waals surface area contributed by atoms with E-state index in [9.17, 15) is 4.79 Å². The van der Waals surface area contributed by atoms with E-state index in [1.54, 1.807) is 25.1 Å². The number of benzene rings is 1. The van der Waals surface area contributed by atoms with Gasteiger partial charge in [-0.1, -0.05) is 40.1 Å². The van der Waals surface area contributed by atoms with Gasteiger partial charge >= 0.3 is 0 Å². The maximum absolute atomic E-state index is 12.4. The number of halogens is 1. The lowest BCUT2D eigenvalue weighted by Gasteiger charge is -2.04. The molecule has 7 heteroatoms. The Morgan fingerprint density at radius 1 is 1.24 bits per heavy atom. The number of hydrogen-bond donors (Lipinski definition) is 1. The summed E-state index contributed by atoms with van der Waals surface area (Å²) in [6.07, 6.45) is 1.37. The van der Waals surface area contributed by atoms with Gasteiger partial charge in [-0.25, -0.2) is 0 Å². The third kappa shape index (κ3) is 2.53. The Kier molecular flexibility index (Phi) is 3.45. The molecule has 0 aliphatic carbocycles. The summed E-state index contributed by atoms with van der Waals surface area (Å²) >= 11 is 6.15. The van der Waals surface area contributed by atoms with E-state index in [2.05, 4.69) is 20.2 Å². The number of rotatable bonds is 3. The van der Waals surface area contributed by atoms with E-state index in [1.165, 1.54) is 12.3 Å². The zero-order valence-corrected chi connectivity index (χ0v) is 11.7. The van der Waals surface area contributed by atoms with Crippen molar-refractivity contribution in [2.45, 2.75) is 6.92 Å². The standard InChI is InChI=1S/C14H10ClN3O3/c1-8-12(14(19)16-11-6-7-20-17-11)13(18-21-8)9-4-2-3-5-10(9)15/h2-7H,1H3,(H,16,17,19). The minimum atomic E-state index is -0.391. The molecule has 21 heavy (non-hydrogen) atoms. The summed E-state index contributed by atoms with van der Waals surface area (Å²) < 4.78 is 9.80. The number of aromatic nitrogens is 2.